The molecule has 1 aromatic heterocycles. The van der Waals surface area contributed by atoms with Crippen LogP contribution in [-0.2, 0) is 35.6 Å². The second-order valence-corrected chi connectivity index (χ2v) is 20.4. The SMILES string of the molecule is C=CC1C[C@]1(NC(=O)[C@@H]1C[C@@H]2CN1C(=O)[C@H](C1CCCC1)NC(=O)O[C@@H]1CCC[C@H]1CC/C=C/Cc1c(nc3ccccc3c1OCCCN(C)C)O2)C(=O)NS(=O)(=O)C1CC1. The average molecular weight is 875 g/mol. The van der Waals surface area contributed by atoms with Crippen LogP contribution in [0, 0.1) is 17.8 Å². The Morgan fingerprint density at radius 3 is 2.55 bits per heavy atom. The summed E-state index contributed by atoms with van der Waals surface area (Å²) >= 11 is 0. The van der Waals surface area contributed by atoms with Gasteiger partial charge in [0.25, 0.3) is 5.91 Å². The van der Waals surface area contributed by atoms with Gasteiger partial charge in [-0.25, -0.2) is 18.2 Å². The molecule has 3 heterocycles. The largest absolute Gasteiger partial charge is 0.492 e. The molecule has 2 aliphatic heterocycles. The van der Waals surface area contributed by atoms with Gasteiger partial charge < -0.3 is 34.6 Å². The summed E-state index contributed by atoms with van der Waals surface area (Å²) in [5.74, 6) is -1.37. The standard InChI is InChI=1S/C46H62N6O9S/c1-4-31-27-46(31,44(55)50-62(57,58)33-22-23-33)49-41(53)37-26-32-28-52(37)43(54)39(30-15-8-9-16-30)48-45(56)61-38-21-12-17-29(38)14-6-5-7-19-35-40(59-25-13-24-51(2)3)34-18-10-11-20-36(34)47-42(35)60-32/h4-5,7,10-11,18,20,29-33,37-39H,1,6,8-9,12-17,19,21-28H2,2-3H3,(H,48,56)(H,49,53)(H,50,55)/b7-5+/t29-,31?,32-,37+,38-,39+,46-/m1/s1. The third-order valence-corrected chi connectivity index (χ3v) is 15.5. The van der Waals surface area contributed by atoms with Crippen molar-refractivity contribution in [3.63, 3.8) is 0 Å². The number of pyridine rings is 1. The molecule has 7 atom stereocenters. The number of sulfonamides is 1. The number of aromatic nitrogens is 1. The average Bonchev–Trinajstić information content (AvgIpc) is 4.03. The summed E-state index contributed by atoms with van der Waals surface area (Å²) in [6.07, 6.45) is 14.1. The lowest BCUT2D eigenvalue weighted by atomic mass is 9.96. The van der Waals surface area contributed by atoms with Gasteiger partial charge >= 0.3 is 6.09 Å². The zero-order chi connectivity index (χ0) is 43.6. The first-order valence-electron chi connectivity index (χ1n) is 22.7. The highest BCUT2D eigenvalue weighted by Crippen LogP contribution is 2.46. The molecule has 5 fully saturated rings. The summed E-state index contributed by atoms with van der Waals surface area (Å²) in [5.41, 5.74) is -0.118. The van der Waals surface area contributed by atoms with Crippen LogP contribution in [0.2, 0.25) is 0 Å². The Kier molecular flexibility index (Phi) is 13.2. The van der Waals surface area contributed by atoms with Crippen molar-refractivity contribution in [2.45, 2.75) is 131 Å². The molecule has 2 bridgehead atoms. The molecule has 16 heteroatoms. The van der Waals surface area contributed by atoms with E-state index in [0.29, 0.717) is 43.0 Å². The van der Waals surface area contributed by atoms with Crippen molar-refractivity contribution < 1.29 is 41.8 Å². The topological polar surface area (TPSA) is 186 Å². The number of nitrogens with one attached hydrogen (secondary N) is 3. The van der Waals surface area contributed by atoms with Crippen LogP contribution in [0.15, 0.2) is 49.1 Å². The molecular weight excluding hydrogens is 813 g/mol. The highest BCUT2D eigenvalue weighted by atomic mass is 32.2. The van der Waals surface area contributed by atoms with E-state index in [2.05, 4.69) is 39.0 Å². The smallest absolute Gasteiger partial charge is 0.408 e. The van der Waals surface area contributed by atoms with Crippen molar-refractivity contribution in [2.75, 3.05) is 33.8 Å². The number of alkyl carbamates (subject to hydrolysis) is 1. The number of carbonyl (C=O) groups excluding carboxylic acids is 4. The van der Waals surface area contributed by atoms with E-state index < -0.39 is 68.7 Å². The van der Waals surface area contributed by atoms with Gasteiger partial charge in [0.1, 0.15) is 35.6 Å². The van der Waals surface area contributed by atoms with Gasteiger partial charge in [0.05, 0.1) is 29.5 Å². The van der Waals surface area contributed by atoms with Gasteiger partial charge in [0, 0.05) is 24.3 Å². The number of allylic oxidation sites excluding steroid dienone is 2. The Bertz CT molecular complexity index is 2170. The second-order valence-electron chi connectivity index (χ2n) is 18.5. The first-order valence-corrected chi connectivity index (χ1v) is 24.2. The molecule has 1 saturated heterocycles. The van der Waals surface area contributed by atoms with Gasteiger partial charge in [-0.2, -0.15) is 0 Å². The predicted molar refractivity (Wildman–Crippen MR) is 233 cm³/mol. The van der Waals surface area contributed by atoms with Gasteiger partial charge in [0.15, 0.2) is 0 Å². The van der Waals surface area contributed by atoms with Crippen molar-refractivity contribution in [1.82, 2.24) is 30.1 Å². The van der Waals surface area contributed by atoms with Crippen molar-refractivity contribution >= 4 is 44.7 Å². The Hall–Kier alpha value is -4.70. The van der Waals surface area contributed by atoms with Crippen LogP contribution < -0.4 is 24.8 Å². The third kappa shape index (κ3) is 9.60. The number of ether oxygens (including phenoxy) is 3. The van der Waals surface area contributed by atoms with E-state index in [0.717, 1.165) is 81.7 Å². The Balaban J connectivity index is 1.15. The van der Waals surface area contributed by atoms with Crippen LogP contribution in [0.5, 0.6) is 11.6 Å². The number of rotatable bonds is 12. The number of hydrogen-bond acceptors (Lipinski definition) is 11. The molecule has 0 radical (unpaired) electrons. The maximum Gasteiger partial charge on any atom is 0.408 e. The van der Waals surface area contributed by atoms with Gasteiger partial charge in [-0.05, 0) is 115 Å². The molecule has 4 amide bonds. The van der Waals surface area contributed by atoms with Crippen LogP contribution in [0.3, 0.4) is 0 Å². The van der Waals surface area contributed by atoms with Crippen LogP contribution >= 0.6 is 0 Å². The van der Waals surface area contributed by atoms with Crippen LogP contribution in [0.25, 0.3) is 10.9 Å². The highest BCUT2D eigenvalue weighted by molar-refractivity contribution is 7.91. The number of fused-ring (bicyclic) bond motifs is 5. The quantitative estimate of drug-likeness (QED) is 0.194. The molecule has 1 unspecified atom stereocenters. The number of amides is 4. The van der Waals surface area contributed by atoms with Crippen molar-refractivity contribution in [3.8, 4) is 11.6 Å². The molecule has 336 valence electrons. The van der Waals surface area contributed by atoms with E-state index >= 15 is 4.79 Å². The molecule has 8 rings (SSSR count). The maximum atomic E-state index is 15.0. The van der Waals surface area contributed by atoms with E-state index in [4.69, 9.17) is 19.2 Å². The maximum absolute atomic E-state index is 15.0. The van der Waals surface area contributed by atoms with E-state index in [1.807, 2.05) is 38.4 Å². The molecule has 4 saturated carbocycles. The van der Waals surface area contributed by atoms with E-state index in [1.165, 1.54) is 11.0 Å². The number of nitrogens with zero attached hydrogens (tertiary/aromatic N) is 3. The molecule has 62 heavy (non-hydrogen) atoms. The van der Waals surface area contributed by atoms with Gasteiger partial charge in [-0.15, -0.1) is 6.58 Å². The highest BCUT2D eigenvalue weighted by Gasteiger charge is 2.62. The molecule has 3 N–H and O–H groups in total. The normalized spacial score (nSPS) is 30.0. The first kappa shape index (κ1) is 43.9. The minimum Gasteiger partial charge on any atom is -0.492 e. The lowest BCUT2D eigenvalue weighted by molar-refractivity contribution is -0.142. The number of carbonyl (C=O) groups is 4. The third-order valence-electron chi connectivity index (χ3n) is 13.7. The van der Waals surface area contributed by atoms with Crippen LogP contribution in [0.4, 0.5) is 4.79 Å². The zero-order valence-electron chi connectivity index (χ0n) is 36.0. The molecular formula is C46H62N6O9S. The predicted octanol–water partition coefficient (Wildman–Crippen LogP) is 4.93. The number of hydrogen-bond donors (Lipinski definition) is 3. The van der Waals surface area contributed by atoms with Gasteiger partial charge in [-0.3, -0.25) is 19.1 Å². The van der Waals surface area contributed by atoms with Crippen molar-refractivity contribution in [3.05, 3.63) is 54.6 Å². The molecule has 2 aromatic rings. The summed E-state index contributed by atoms with van der Waals surface area (Å²) in [4.78, 5) is 65.8. The Morgan fingerprint density at radius 1 is 1.03 bits per heavy atom. The van der Waals surface area contributed by atoms with E-state index in [1.54, 1.807) is 0 Å². The molecule has 1 aromatic carbocycles. The fourth-order valence-corrected chi connectivity index (χ4v) is 11.4. The Labute approximate surface area is 364 Å². The van der Waals surface area contributed by atoms with E-state index in [9.17, 15) is 22.8 Å². The van der Waals surface area contributed by atoms with Crippen LogP contribution in [0.1, 0.15) is 95.5 Å². The summed E-state index contributed by atoms with van der Waals surface area (Å²) < 4.78 is 47.5. The lowest BCUT2D eigenvalue weighted by Gasteiger charge is -2.32. The summed E-state index contributed by atoms with van der Waals surface area (Å²) in [7, 11) is 0.137. The fourth-order valence-electron chi connectivity index (χ4n) is 10.0. The lowest BCUT2D eigenvalue weighted by Crippen LogP contribution is -2.59. The van der Waals surface area contributed by atoms with E-state index in [-0.39, 0.29) is 37.3 Å². The molecule has 0 spiro atoms. The number of para-hydroxylation sites is 1. The van der Waals surface area contributed by atoms with Crippen molar-refractivity contribution in [1.29, 1.82) is 0 Å². The fraction of sp³-hybridized carbons (Fsp3) is 0.630. The van der Waals surface area contributed by atoms with Crippen LogP contribution in [-0.4, -0.2) is 116 Å². The summed E-state index contributed by atoms with van der Waals surface area (Å²) in [6, 6.07) is 5.67. The van der Waals surface area contributed by atoms with Gasteiger partial charge in [-0.1, -0.05) is 43.2 Å². The van der Waals surface area contributed by atoms with Gasteiger partial charge in [0.2, 0.25) is 27.7 Å². The van der Waals surface area contributed by atoms with Crippen molar-refractivity contribution in [2.24, 2.45) is 17.8 Å². The molecule has 6 aliphatic rings. The first-order chi connectivity index (χ1) is 29.9. The molecule has 15 nitrogen and oxygen atoms in total. The summed E-state index contributed by atoms with van der Waals surface area (Å²) in [5, 5.41) is 6.06. The Morgan fingerprint density at radius 2 is 1.81 bits per heavy atom. The zero-order valence-corrected chi connectivity index (χ0v) is 36.8. The monoisotopic (exact) mass is 874 g/mol. The molecule has 4 aliphatic carbocycles. The minimum atomic E-state index is -3.91. The second kappa shape index (κ2) is 18.6. The number of benzene rings is 1. The summed E-state index contributed by atoms with van der Waals surface area (Å²) in [6.45, 7) is 5.14. The minimum absolute atomic E-state index is 0.00940.